The van der Waals surface area contributed by atoms with E-state index in [0.717, 1.165) is 28.3 Å². The number of hydrogen-bond acceptors (Lipinski definition) is 4. The van der Waals surface area contributed by atoms with E-state index in [-0.39, 0.29) is 0 Å². The van der Waals surface area contributed by atoms with Crippen LogP contribution in [-0.4, -0.2) is 12.1 Å². The monoisotopic (exact) mass is 274 g/mol. The fourth-order valence-electron chi connectivity index (χ4n) is 2.37. The highest BCUT2D eigenvalue weighted by Gasteiger charge is 2.17. The molecule has 0 aliphatic rings. The number of nitrogens with two attached hydrogens (primary N) is 1. The normalized spacial score (nSPS) is 11.2. The maximum atomic E-state index is 5.60. The highest BCUT2D eigenvalue weighted by molar-refractivity contribution is 5.68. The minimum absolute atomic E-state index is 0.313. The third-order valence-electron chi connectivity index (χ3n) is 3.47. The number of rotatable bonds is 4. The second-order valence-electron chi connectivity index (χ2n) is 5.28. The summed E-state index contributed by atoms with van der Waals surface area (Å²) >= 11 is 0. The molecule has 1 heterocycles. The van der Waals surface area contributed by atoms with E-state index in [4.69, 9.17) is 14.9 Å². The van der Waals surface area contributed by atoms with Crippen LogP contribution >= 0.6 is 0 Å². The molecule has 4 nitrogen and oxygen atoms in total. The van der Waals surface area contributed by atoms with Crippen molar-refractivity contribution < 1.29 is 9.15 Å². The predicted molar refractivity (Wildman–Crippen MR) is 79.9 cm³/mol. The number of nitrogens with zero attached hydrogens (tertiary/aromatic N) is 1. The van der Waals surface area contributed by atoms with Crippen molar-refractivity contribution in [2.24, 2.45) is 5.73 Å². The van der Waals surface area contributed by atoms with Gasteiger partial charge >= 0.3 is 0 Å². The van der Waals surface area contributed by atoms with E-state index in [2.05, 4.69) is 37.9 Å². The zero-order valence-corrected chi connectivity index (χ0v) is 12.8. The zero-order chi connectivity index (χ0) is 14.9. The number of benzene rings is 1. The van der Waals surface area contributed by atoms with Gasteiger partial charge in [-0.05, 0) is 43.0 Å². The van der Waals surface area contributed by atoms with E-state index in [0.29, 0.717) is 18.4 Å². The van der Waals surface area contributed by atoms with Crippen molar-refractivity contribution in [3.63, 3.8) is 0 Å². The number of oxazole rings is 1. The first-order valence-electron chi connectivity index (χ1n) is 6.83. The van der Waals surface area contributed by atoms with Gasteiger partial charge in [0.25, 0.3) is 0 Å². The number of aromatic nitrogens is 1. The lowest BCUT2D eigenvalue weighted by molar-refractivity contribution is 0.407. The highest BCUT2D eigenvalue weighted by atomic mass is 16.5. The molecular formula is C16H22N2O2. The molecule has 20 heavy (non-hydrogen) atoms. The van der Waals surface area contributed by atoms with Gasteiger partial charge in [0.15, 0.2) is 0 Å². The van der Waals surface area contributed by atoms with Crippen LogP contribution in [0.4, 0.5) is 0 Å². The van der Waals surface area contributed by atoms with Crippen LogP contribution in [0.15, 0.2) is 16.5 Å². The standard InChI is InChI=1S/C16H22N2O2/c1-9(2)12-7-13(10(3)6-14(12)19-5)16-11(4)20-15(8-17)18-16/h6-7,9H,8,17H2,1-5H3. The van der Waals surface area contributed by atoms with Gasteiger partial charge in [-0.3, -0.25) is 0 Å². The summed E-state index contributed by atoms with van der Waals surface area (Å²) in [6.45, 7) is 8.58. The van der Waals surface area contributed by atoms with Crippen LogP contribution in [0.2, 0.25) is 0 Å². The lowest BCUT2D eigenvalue weighted by Crippen LogP contribution is -1.98. The predicted octanol–water partition coefficient (Wildman–Crippen LogP) is 3.55. The topological polar surface area (TPSA) is 61.3 Å². The van der Waals surface area contributed by atoms with Crippen LogP contribution in [0.25, 0.3) is 11.3 Å². The summed E-state index contributed by atoms with van der Waals surface area (Å²) < 4.78 is 11.0. The summed E-state index contributed by atoms with van der Waals surface area (Å²) in [4.78, 5) is 4.48. The third kappa shape index (κ3) is 2.56. The Hall–Kier alpha value is -1.81. The molecule has 2 aromatic rings. The van der Waals surface area contributed by atoms with Gasteiger partial charge in [0.2, 0.25) is 5.89 Å². The molecule has 0 unspecified atom stereocenters. The fourth-order valence-corrected chi connectivity index (χ4v) is 2.37. The van der Waals surface area contributed by atoms with Crippen molar-refractivity contribution >= 4 is 0 Å². The van der Waals surface area contributed by atoms with Gasteiger partial charge in [-0.1, -0.05) is 13.8 Å². The van der Waals surface area contributed by atoms with E-state index in [1.54, 1.807) is 7.11 Å². The Bertz CT molecular complexity index is 615. The van der Waals surface area contributed by atoms with Crippen molar-refractivity contribution in [3.05, 3.63) is 34.9 Å². The summed E-state index contributed by atoms with van der Waals surface area (Å²) in [6, 6.07) is 4.20. The van der Waals surface area contributed by atoms with E-state index in [9.17, 15) is 0 Å². The van der Waals surface area contributed by atoms with Gasteiger partial charge in [-0.25, -0.2) is 4.98 Å². The van der Waals surface area contributed by atoms with Gasteiger partial charge in [0, 0.05) is 5.56 Å². The molecular weight excluding hydrogens is 252 g/mol. The van der Waals surface area contributed by atoms with Gasteiger partial charge < -0.3 is 14.9 Å². The molecule has 0 saturated heterocycles. The summed E-state index contributed by atoms with van der Waals surface area (Å²) in [7, 11) is 1.70. The molecule has 0 aliphatic carbocycles. The Labute approximate surface area is 120 Å². The summed E-state index contributed by atoms with van der Waals surface area (Å²) in [5.41, 5.74) is 9.83. The van der Waals surface area contributed by atoms with Crippen LogP contribution < -0.4 is 10.5 Å². The fraction of sp³-hybridized carbons (Fsp3) is 0.438. The average molecular weight is 274 g/mol. The molecule has 0 fully saturated rings. The smallest absolute Gasteiger partial charge is 0.208 e. The van der Waals surface area contributed by atoms with E-state index in [1.165, 1.54) is 5.56 Å². The molecule has 0 spiro atoms. The van der Waals surface area contributed by atoms with E-state index in [1.807, 2.05) is 6.92 Å². The molecule has 0 atom stereocenters. The Kier molecular flexibility index (Phi) is 4.14. The van der Waals surface area contributed by atoms with Crippen LogP contribution in [0, 0.1) is 13.8 Å². The molecule has 2 N–H and O–H groups in total. The first kappa shape index (κ1) is 14.6. The average Bonchev–Trinajstić information content (AvgIpc) is 2.79. The van der Waals surface area contributed by atoms with Crippen LogP contribution in [0.5, 0.6) is 5.75 Å². The highest BCUT2D eigenvalue weighted by Crippen LogP contribution is 2.35. The molecule has 0 saturated carbocycles. The third-order valence-corrected chi connectivity index (χ3v) is 3.47. The Morgan fingerprint density at radius 1 is 1.30 bits per heavy atom. The van der Waals surface area contributed by atoms with Crippen LogP contribution in [0.1, 0.15) is 42.5 Å². The van der Waals surface area contributed by atoms with Gasteiger partial charge in [-0.15, -0.1) is 0 Å². The van der Waals surface area contributed by atoms with Gasteiger partial charge in [-0.2, -0.15) is 0 Å². The number of aryl methyl sites for hydroxylation is 2. The molecule has 0 aliphatic heterocycles. The number of ether oxygens (including phenoxy) is 1. The second kappa shape index (κ2) is 5.67. The van der Waals surface area contributed by atoms with Crippen molar-refractivity contribution in [1.82, 2.24) is 4.98 Å². The molecule has 0 amide bonds. The lowest BCUT2D eigenvalue weighted by atomic mass is 9.94. The minimum Gasteiger partial charge on any atom is -0.496 e. The number of methoxy groups -OCH3 is 1. The molecule has 2 rings (SSSR count). The zero-order valence-electron chi connectivity index (χ0n) is 12.8. The lowest BCUT2D eigenvalue weighted by Gasteiger charge is -2.15. The van der Waals surface area contributed by atoms with Crippen molar-refractivity contribution in [2.75, 3.05) is 7.11 Å². The van der Waals surface area contributed by atoms with Crippen molar-refractivity contribution in [3.8, 4) is 17.0 Å². The van der Waals surface area contributed by atoms with Gasteiger partial charge in [0.05, 0.1) is 13.7 Å². The largest absolute Gasteiger partial charge is 0.496 e. The van der Waals surface area contributed by atoms with Crippen LogP contribution in [-0.2, 0) is 6.54 Å². The molecule has 0 bridgehead atoms. The SMILES string of the molecule is COc1cc(C)c(-c2nc(CN)oc2C)cc1C(C)C. The van der Waals surface area contributed by atoms with Gasteiger partial charge in [0.1, 0.15) is 17.2 Å². The summed E-state index contributed by atoms with van der Waals surface area (Å²) in [5.74, 6) is 2.67. The first-order chi connectivity index (χ1) is 9.47. The molecule has 1 aromatic heterocycles. The quantitative estimate of drug-likeness (QED) is 0.926. The van der Waals surface area contributed by atoms with Crippen molar-refractivity contribution in [2.45, 2.75) is 40.2 Å². The van der Waals surface area contributed by atoms with E-state index < -0.39 is 0 Å². The Balaban J connectivity index is 2.61. The molecule has 4 heteroatoms. The number of hydrogen-bond donors (Lipinski definition) is 1. The molecule has 1 aromatic carbocycles. The minimum atomic E-state index is 0.313. The maximum absolute atomic E-state index is 5.60. The van der Waals surface area contributed by atoms with Crippen molar-refractivity contribution in [1.29, 1.82) is 0 Å². The molecule has 0 radical (unpaired) electrons. The summed E-state index contributed by atoms with van der Waals surface area (Å²) in [6.07, 6.45) is 0. The maximum Gasteiger partial charge on any atom is 0.208 e. The summed E-state index contributed by atoms with van der Waals surface area (Å²) in [5, 5.41) is 0. The second-order valence-corrected chi connectivity index (χ2v) is 5.28. The Morgan fingerprint density at radius 2 is 2.00 bits per heavy atom. The van der Waals surface area contributed by atoms with E-state index >= 15 is 0 Å². The Morgan fingerprint density at radius 3 is 2.50 bits per heavy atom. The van der Waals surface area contributed by atoms with Crippen LogP contribution in [0.3, 0.4) is 0 Å². The first-order valence-corrected chi connectivity index (χ1v) is 6.83. The molecule has 108 valence electrons.